The number of aryl methyl sites for hydroxylation is 2. The molecule has 2 aromatic rings. The Kier molecular flexibility index (Phi) is 3.93. The highest BCUT2D eigenvalue weighted by atomic mass is 16.6. The van der Waals surface area contributed by atoms with Gasteiger partial charge >= 0.3 is 5.69 Å². The van der Waals surface area contributed by atoms with Crippen molar-refractivity contribution in [2.75, 3.05) is 11.9 Å². The molecule has 0 aliphatic heterocycles. The minimum Gasteiger partial charge on any atom is -0.365 e. The largest absolute Gasteiger partial charge is 0.365 e. The molecule has 0 saturated carbocycles. The summed E-state index contributed by atoms with van der Waals surface area (Å²) in [5.74, 6) is 0.252. The molecule has 2 rings (SSSR count). The molecule has 0 atom stereocenters. The van der Waals surface area contributed by atoms with E-state index in [0.29, 0.717) is 12.2 Å². The number of aromatic nitrogens is 2. The lowest BCUT2D eigenvalue weighted by Crippen LogP contribution is -2.06. The van der Waals surface area contributed by atoms with Crippen molar-refractivity contribution in [3.8, 4) is 11.3 Å². The van der Waals surface area contributed by atoms with Crippen LogP contribution in [0.5, 0.6) is 0 Å². The van der Waals surface area contributed by atoms with Gasteiger partial charge in [0.15, 0.2) is 5.69 Å². The van der Waals surface area contributed by atoms with Crippen molar-refractivity contribution in [3.05, 3.63) is 45.8 Å². The maximum Gasteiger partial charge on any atom is 0.337 e. The highest BCUT2D eigenvalue weighted by Gasteiger charge is 2.23. The predicted octanol–water partition coefficient (Wildman–Crippen LogP) is 3.10. The van der Waals surface area contributed by atoms with Crippen molar-refractivity contribution in [3.63, 3.8) is 0 Å². The molecule has 0 amide bonds. The maximum atomic E-state index is 11.3. The van der Waals surface area contributed by atoms with Gasteiger partial charge < -0.3 is 5.32 Å². The monoisotopic (exact) mass is 272 g/mol. The number of benzene rings is 1. The first-order chi connectivity index (χ1) is 9.52. The molecule has 20 heavy (non-hydrogen) atoms. The summed E-state index contributed by atoms with van der Waals surface area (Å²) in [7, 11) is 0. The standard InChI is InChI=1S/C14H16N4O2/c1-4-15-14-13(18(19)20)12(16-8-17-14)11-6-9(2)5-10(3)7-11/h5-8H,4H2,1-3H3,(H,15,16,17). The van der Waals surface area contributed by atoms with Crippen molar-refractivity contribution in [2.24, 2.45) is 0 Å². The molecule has 6 heteroatoms. The first kappa shape index (κ1) is 13.9. The molecule has 0 unspecified atom stereocenters. The topological polar surface area (TPSA) is 81.0 Å². The lowest BCUT2D eigenvalue weighted by Gasteiger charge is -2.08. The van der Waals surface area contributed by atoms with E-state index in [9.17, 15) is 10.1 Å². The van der Waals surface area contributed by atoms with Gasteiger partial charge in [0, 0.05) is 12.1 Å². The summed E-state index contributed by atoms with van der Waals surface area (Å²) in [5, 5.41) is 14.3. The van der Waals surface area contributed by atoms with E-state index in [1.54, 1.807) is 0 Å². The van der Waals surface area contributed by atoms with Crippen LogP contribution >= 0.6 is 0 Å². The molecule has 0 saturated heterocycles. The van der Waals surface area contributed by atoms with Crippen LogP contribution in [0.2, 0.25) is 0 Å². The number of nitrogens with one attached hydrogen (secondary N) is 1. The van der Waals surface area contributed by atoms with Crippen molar-refractivity contribution in [1.29, 1.82) is 0 Å². The predicted molar refractivity (Wildman–Crippen MR) is 77.8 cm³/mol. The number of hydrogen-bond donors (Lipinski definition) is 1. The molecule has 104 valence electrons. The van der Waals surface area contributed by atoms with Crippen LogP contribution in [-0.2, 0) is 0 Å². The van der Waals surface area contributed by atoms with Gasteiger partial charge in [-0.05, 0) is 32.9 Å². The molecule has 0 bridgehead atoms. The average molecular weight is 272 g/mol. The molecule has 1 aromatic carbocycles. The third-order valence-electron chi connectivity index (χ3n) is 2.84. The summed E-state index contributed by atoms with van der Waals surface area (Å²) in [6.45, 7) is 6.33. The summed E-state index contributed by atoms with van der Waals surface area (Å²) < 4.78 is 0. The van der Waals surface area contributed by atoms with Gasteiger partial charge in [0.25, 0.3) is 0 Å². The fraction of sp³-hybridized carbons (Fsp3) is 0.286. The zero-order chi connectivity index (χ0) is 14.7. The Hall–Kier alpha value is -2.50. The second-order valence-electron chi connectivity index (χ2n) is 4.58. The van der Waals surface area contributed by atoms with Gasteiger partial charge in [-0.25, -0.2) is 9.97 Å². The van der Waals surface area contributed by atoms with Crippen LogP contribution in [0.4, 0.5) is 11.5 Å². The number of rotatable bonds is 4. The van der Waals surface area contributed by atoms with Crippen LogP contribution < -0.4 is 5.32 Å². The van der Waals surface area contributed by atoms with Gasteiger partial charge in [0.05, 0.1) is 4.92 Å². The van der Waals surface area contributed by atoms with Crippen molar-refractivity contribution < 1.29 is 4.92 Å². The van der Waals surface area contributed by atoms with Crippen LogP contribution in [0, 0.1) is 24.0 Å². The normalized spacial score (nSPS) is 10.3. The Morgan fingerprint density at radius 3 is 2.40 bits per heavy atom. The Labute approximate surface area is 117 Å². The molecule has 0 aliphatic carbocycles. The van der Waals surface area contributed by atoms with E-state index in [1.165, 1.54) is 6.33 Å². The van der Waals surface area contributed by atoms with Crippen LogP contribution in [-0.4, -0.2) is 21.4 Å². The van der Waals surface area contributed by atoms with E-state index < -0.39 is 4.92 Å². The van der Waals surface area contributed by atoms with Gasteiger partial charge in [-0.15, -0.1) is 0 Å². The van der Waals surface area contributed by atoms with Gasteiger partial charge in [0.2, 0.25) is 5.82 Å². The minimum absolute atomic E-state index is 0.0839. The van der Waals surface area contributed by atoms with Gasteiger partial charge in [-0.2, -0.15) is 0 Å². The third-order valence-corrected chi connectivity index (χ3v) is 2.84. The Morgan fingerprint density at radius 2 is 1.85 bits per heavy atom. The number of anilines is 1. The SMILES string of the molecule is CCNc1ncnc(-c2cc(C)cc(C)c2)c1[N+](=O)[O-]. The van der Waals surface area contributed by atoms with Crippen LogP contribution in [0.15, 0.2) is 24.5 Å². The van der Waals surface area contributed by atoms with Crippen molar-refractivity contribution in [1.82, 2.24) is 9.97 Å². The van der Waals surface area contributed by atoms with Crippen LogP contribution in [0.1, 0.15) is 18.1 Å². The lowest BCUT2D eigenvalue weighted by molar-refractivity contribution is -0.383. The molecular weight excluding hydrogens is 256 g/mol. The Bertz CT molecular complexity index is 635. The minimum atomic E-state index is -0.439. The smallest absolute Gasteiger partial charge is 0.337 e. The van der Waals surface area contributed by atoms with E-state index in [2.05, 4.69) is 15.3 Å². The Morgan fingerprint density at radius 1 is 1.20 bits per heavy atom. The quantitative estimate of drug-likeness (QED) is 0.683. The highest BCUT2D eigenvalue weighted by molar-refractivity contribution is 5.77. The first-order valence-electron chi connectivity index (χ1n) is 6.35. The molecule has 0 fully saturated rings. The van der Waals surface area contributed by atoms with E-state index >= 15 is 0 Å². The van der Waals surface area contributed by atoms with Crippen LogP contribution in [0.3, 0.4) is 0 Å². The third kappa shape index (κ3) is 2.74. The first-order valence-corrected chi connectivity index (χ1v) is 6.35. The number of hydrogen-bond acceptors (Lipinski definition) is 5. The fourth-order valence-electron chi connectivity index (χ4n) is 2.17. The summed E-state index contributed by atoms with van der Waals surface area (Å²) in [6.07, 6.45) is 1.35. The summed E-state index contributed by atoms with van der Waals surface area (Å²) in [6, 6.07) is 5.79. The summed E-state index contributed by atoms with van der Waals surface area (Å²) in [4.78, 5) is 19.0. The van der Waals surface area contributed by atoms with Crippen LogP contribution in [0.25, 0.3) is 11.3 Å². The van der Waals surface area contributed by atoms with E-state index in [-0.39, 0.29) is 11.5 Å². The number of nitro groups is 1. The molecule has 6 nitrogen and oxygen atoms in total. The molecule has 1 N–H and O–H groups in total. The van der Waals surface area contributed by atoms with Crippen molar-refractivity contribution >= 4 is 11.5 Å². The van der Waals surface area contributed by atoms with Crippen molar-refractivity contribution in [2.45, 2.75) is 20.8 Å². The lowest BCUT2D eigenvalue weighted by atomic mass is 10.0. The molecule has 1 aromatic heterocycles. The van der Waals surface area contributed by atoms with Gasteiger partial charge in [-0.1, -0.05) is 17.2 Å². The highest BCUT2D eigenvalue weighted by Crippen LogP contribution is 2.33. The molecule has 0 spiro atoms. The maximum absolute atomic E-state index is 11.3. The van der Waals surface area contributed by atoms with E-state index in [4.69, 9.17) is 0 Å². The average Bonchev–Trinajstić information content (AvgIpc) is 2.37. The second kappa shape index (κ2) is 5.64. The zero-order valence-corrected chi connectivity index (χ0v) is 11.7. The second-order valence-corrected chi connectivity index (χ2v) is 4.58. The van der Waals surface area contributed by atoms with Gasteiger partial charge in [-0.3, -0.25) is 10.1 Å². The van der Waals surface area contributed by atoms with E-state index in [1.807, 2.05) is 39.0 Å². The number of nitrogens with zero attached hydrogens (tertiary/aromatic N) is 3. The van der Waals surface area contributed by atoms with Gasteiger partial charge in [0.1, 0.15) is 6.33 Å². The van der Waals surface area contributed by atoms with E-state index in [0.717, 1.165) is 16.7 Å². The fourth-order valence-corrected chi connectivity index (χ4v) is 2.17. The summed E-state index contributed by atoms with van der Waals surface area (Å²) in [5.41, 5.74) is 3.07. The summed E-state index contributed by atoms with van der Waals surface area (Å²) >= 11 is 0. The Balaban J connectivity index is 2.66. The molecule has 0 aliphatic rings. The molecule has 0 radical (unpaired) electrons. The zero-order valence-electron chi connectivity index (χ0n) is 11.7. The molecule has 1 heterocycles. The molecular formula is C14H16N4O2.